The number of nitrogens with one attached hydrogen (secondary N) is 2. The van der Waals surface area contributed by atoms with Crippen molar-refractivity contribution in [3.8, 4) is 0 Å². The first-order valence-electron chi connectivity index (χ1n) is 8.75. The fourth-order valence-corrected chi connectivity index (χ4v) is 2.40. The second-order valence-corrected chi connectivity index (χ2v) is 6.51. The van der Waals surface area contributed by atoms with Gasteiger partial charge in [0, 0.05) is 12.1 Å². The van der Waals surface area contributed by atoms with E-state index in [9.17, 15) is 9.59 Å². The molecule has 0 aromatic heterocycles. The lowest BCUT2D eigenvalue weighted by Gasteiger charge is -2.10. The second kappa shape index (κ2) is 9.73. The molecule has 0 unspecified atom stereocenters. The third-order valence-corrected chi connectivity index (χ3v) is 3.75. The molecule has 0 aliphatic heterocycles. The fourth-order valence-electron chi connectivity index (χ4n) is 2.40. The van der Waals surface area contributed by atoms with Crippen molar-refractivity contribution in [2.24, 2.45) is 0 Å². The predicted octanol–water partition coefficient (Wildman–Crippen LogP) is 2.97. The van der Waals surface area contributed by atoms with Gasteiger partial charge in [0.25, 0.3) is 5.91 Å². The van der Waals surface area contributed by atoms with E-state index in [4.69, 9.17) is 4.74 Å². The average molecular weight is 354 g/mol. The fraction of sp³-hybridized carbons (Fsp3) is 0.333. The highest BCUT2D eigenvalue weighted by atomic mass is 16.5. The van der Waals surface area contributed by atoms with Crippen LogP contribution in [0.25, 0.3) is 0 Å². The van der Waals surface area contributed by atoms with Gasteiger partial charge in [0.15, 0.2) is 0 Å². The Hall–Kier alpha value is -2.66. The molecule has 0 bridgehead atoms. The third-order valence-electron chi connectivity index (χ3n) is 3.75. The molecule has 2 rings (SSSR count). The van der Waals surface area contributed by atoms with E-state index < -0.39 is 0 Å². The van der Waals surface area contributed by atoms with Gasteiger partial charge in [-0.25, -0.2) is 0 Å². The Bertz CT molecular complexity index is 756. The summed E-state index contributed by atoms with van der Waals surface area (Å²) in [6.45, 7) is 6.82. The van der Waals surface area contributed by atoms with Crippen LogP contribution >= 0.6 is 0 Å². The molecular formula is C21H26N2O3. The van der Waals surface area contributed by atoms with Crippen molar-refractivity contribution in [3.63, 3.8) is 0 Å². The summed E-state index contributed by atoms with van der Waals surface area (Å²) in [5.74, 6) is -0.480. The van der Waals surface area contributed by atoms with Crippen LogP contribution in [0.4, 0.5) is 0 Å². The van der Waals surface area contributed by atoms with Crippen LogP contribution in [0.5, 0.6) is 0 Å². The molecule has 5 heteroatoms. The van der Waals surface area contributed by atoms with Gasteiger partial charge in [-0.2, -0.15) is 0 Å². The summed E-state index contributed by atoms with van der Waals surface area (Å²) in [5.41, 5.74) is 3.62. The average Bonchev–Trinajstić information content (AvgIpc) is 2.63. The first-order chi connectivity index (χ1) is 12.4. The summed E-state index contributed by atoms with van der Waals surface area (Å²) in [7, 11) is 0. The maximum Gasteiger partial charge on any atom is 0.251 e. The van der Waals surface area contributed by atoms with Gasteiger partial charge in [-0.1, -0.05) is 42.0 Å². The highest BCUT2D eigenvalue weighted by molar-refractivity contribution is 5.96. The molecule has 0 aliphatic rings. The molecule has 0 fully saturated rings. The van der Waals surface area contributed by atoms with Crippen molar-refractivity contribution in [2.75, 3.05) is 6.54 Å². The van der Waals surface area contributed by atoms with Gasteiger partial charge in [0.2, 0.25) is 5.91 Å². The zero-order valence-corrected chi connectivity index (χ0v) is 15.5. The minimum absolute atomic E-state index is 0.0527. The molecule has 5 nitrogen and oxygen atoms in total. The minimum atomic E-state index is -0.253. The first-order valence-corrected chi connectivity index (χ1v) is 8.75. The molecule has 0 atom stereocenters. The minimum Gasteiger partial charge on any atom is -0.374 e. The number of hydrogen-bond donors (Lipinski definition) is 2. The molecule has 2 N–H and O–H groups in total. The van der Waals surface area contributed by atoms with Crippen molar-refractivity contribution in [3.05, 3.63) is 70.8 Å². The Labute approximate surface area is 154 Å². The van der Waals surface area contributed by atoms with Crippen LogP contribution in [0.1, 0.15) is 40.9 Å². The second-order valence-electron chi connectivity index (χ2n) is 6.51. The van der Waals surface area contributed by atoms with Crippen molar-refractivity contribution >= 4 is 11.8 Å². The molecule has 138 valence electrons. The van der Waals surface area contributed by atoms with Crippen molar-refractivity contribution < 1.29 is 14.3 Å². The zero-order valence-electron chi connectivity index (χ0n) is 15.5. The number of carbonyl (C=O) groups excluding carboxylic acids is 2. The molecule has 0 radical (unpaired) electrons. The Morgan fingerprint density at radius 3 is 2.46 bits per heavy atom. The van der Waals surface area contributed by atoms with Crippen molar-refractivity contribution in [1.29, 1.82) is 0 Å². The van der Waals surface area contributed by atoms with Crippen LogP contribution in [-0.2, 0) is 22.7 Å². The van der Waals surface area contributed by atoms with Crippen LogP contribution in [0.15, 0.2) is 48.5 Å². The summed E-state index contributed by atoms with van der Waals surface area (Å²) >= 11 is 0. The molecule has 0 heterocycles. The quantitative estimate of drug-likeness (QED) is 0.766. The largest absolute Gasteiger partial charge is 0.374 e. The smallest absolute Gasteiger partial charge is 0.251 e. The van der Waals surface area contributed by atoms with Gasteiger partial charge in [-0.05, 0) is 44.0 Å². The number of benzene rings is 2. The monoisotopic (exact) mass is 354 g/mol. The summed E-state index contributed by atoms with van der Waals surface area (Å²) < 4.78 is 5.59. The van der Waals surface area contributed by atoms with Crippen LogP contribution < -0.4 is 10.6 Å². The number of rotatable bonds is 8. The van der Waals surface area contributed by atoms with Crippen molar-refractivity contribution in [1.82, 2.24) is 10.6 Å². The standard InChI is InChI=1S/C21H26N2O3/c1-15(2)26-14-18-8-5-7-17(11-18)12-22-20(24)13-23-21(25)19-9-4-6-16(3)10-19/h4-11,15H,12-14H2,1-3H3,(H,22,24)(H,23,25). The third kappa shape index (κ3) is 6.69. The Balaban J connectivity index is 1.78. The molecular weight excluding hydrogens is 328 g/mol. The van der Waals surface area contributed by atoms with Crippen LogP contribution in [0, 0.1) is 6.92 Å². The van der Waals surface area contributed by atoms with E-state index in [0.29, 0.717) is 18.7 Å². The molecule has 0 saturated heterocycles. The van der Waals surface area contributed by atoms with Gasteiger partial charge < -0.3 is 15.4 Å². The van der Waals surface area contributed by atoms with Crippen LogP contribution in [-0.4, -0.2) is 24.5 Å². The van der Waals surface area contributed by atoms with E-state index in [1.807, 2.05) is 57.2 Å². The maximum absolute atomic E-state index is 12.0. The summed E-state index contributed by atoms with van der Waals surface area (Å²) in [6.07, 6.45) is 0.176. The van der Waals surface area contributed by atoms with E-state index in [0.717, 1.165) is 16.7 Å². The molecule has 2 amide bonds. The topological polar surface area (TPSA) is 67.4 Å². The zero-order chi connectivity index (χ0) is 18.9. The number of hydrogen-bond acceptors (Lipinski definition) is 3. The molecule has 0 spiro atoms. The number of amides is 2. The number of aryl methyl sites for hydroxylation is 1. The number of ether oxygens (including phenoxy) is 1. The molecule has 2 aromatic carbocycles. The highest BCUT2D eigenvalue weighted by Crippen LogP contribution is 2.08. The highest BCUT2D eigenvalue weighted by Gasteiger charge is 2.08. The van der Waals surface area contributed by atoms with E-state index in [2.05, 4.69) is 10.6 Å². The summed E-state index contributed by atoms with van der Waals surface area (Å²) in [6, 6.07) is 15.2. The summed E-state index contributed by atoms with van der Waals surface area (Å²) in [4.78, 5) is 24.0. The predicted molar refractivity (Wildman–Crippen MR) is 102 cm³/mol. The number of carbonyl (C=O) groups is 2. The van der Waals surface area contributed by atoms with Gasteiger partial charge in [0.05, 0.1) is 19.3 Å². The Morgan fingerprint density at radius 1 is 1.00 bits per heavy atom. The van der Waals surface area contributed by atoms with Gasteiger partial charge in [0.1, 0.15) is 0 Å². The Kier molecular flexibility index (Phi) is 7.36. The SMILES string of the molecule is Cc1cccc(C(=O)NCC(=O)NCc2cccc(COC(C)C)c2)c1. The van der Waals surface area contributed by atoms with Gasteiger partial charge >= 0.3 is 0 Å². The van der Waals surface area contributed by atoms with Crippen LogP contribution in [0.2, 0.25) is 0 Å². The van der Waals surface area contributed by atoms with Gasteiger partial charge in [-0.3, -0.25) is 9.59 Å². The van der Waals surface area contributed by atoms with E-state index in [-0.39, 0.29) is 24.5 Å². The lowest BCUT2D eigenvalue weighted by molar-refractivity contribution is -0.120. The lowest BCUT2D eigenvalue weighted by atomic mass is 10.1. The molecule has 0 aliphatic carbocycles. The Morgan fingerprint density at radius 2 is 1.73 bits per heavy atom. The van der Waals surface area contributed by atoms with E-state index in [1.54, 1.807) is 12.1 Å². The van der Waals surface area contributed by atoms with Gasteiger partial charge in [-0.15, -0.1) is 0 Å². The summed E-state index contributed by atoms with van der Waals surface area (Å²) in [5, 5.41) is 5.45. The lowest BCUT2D eigenvalue weighted by Crippen LogP contribution is -2.36. The molecule has 2 aromatic rings. The first kappa shape index (κ1) is 19.7. The molecule has 26 heavy (non-hydrogen) atoms. The van der Waals surface area contributed by atoms with E-state index >= 15 is 0 Å². The maximum atomic E-state index is 12.0. The van der Waals surface area contributed by atoms with E-state index in [1.165, 1.54) is 0 Å². The van der Waals surface area contributed by atoms with Crippen molar-refractivity contribution in [2.45, 2.75) is 40.0 Å². The normalized spacial score (nSPS) is 10.6. The van der Waals surface area contributed by atoms with Crippen LogP contribution in [0.3, 0.4) is 0 Å². The molecule has 0 saturated carbocycles.